The normalized spacial score (nSPS) is 12.4. The molecule has 0 saturated carbocycles. The van der Waals surface area contributed by atoms with E-state index in [-0.39, 0.29) is 18.3 Å². The third-order valence-corrected chi connectivity index (χ3v) is 3.82. The summed E-state index contributed by atoms with van der Waals surface area (Å²) in [5, 5.41) is 10.8. The molecule has 2 rings (SSSR count). The number of hydrogen-bond donors (Lipinski definition) is 1. The first kappa shape index (κ1) is 15.3. The van der Waals surface area contributed by atoms with Gasteiger partial charge in [-0.1, -0.05) is 35.3 Å². The van der Waals surface area contributed by atoms with Crippen LogP contribution in [0.2, 0.25) is 10.0 Å². The predicted molar refractivity (Wildman–Crippen MR) is 80.8 cm³/mol. The van der Waals surface area contributed by atoms with Crippen molar-refractivity contribution in [3.63, 3.8) is 0 Å². The fraction of sp³-hybridized carbons (Fsp3) is 0.250. The molecule has 0 bridgehead atoms. The van der Waals surface area contributed by atoms with Crippen LogP contribution in [0.3, 0.4) is 0 Å². The van der Waals surface area contributed by atoms with Gasteiger partial charge in [0.1, 0.15) is 5.82 Å². The smallest absolute Gasteiger partial charge is 0.123 e. The zero-order valence-electron chi connectivity index (χ0n) is 10.8. The van der Waals surface area contributed by atoms with E-state index < -0.39 is 0 Å². The molecule has 0 aliphatic carbocycles. The van der Waals surface area contributed by atoms with E-state index in [9.17, 15) is 9.50 Å². The van der Waals surface area contributed by atoms with E-state index in [4.69, 9.17) is 23.2 Å². The first-order valence-electron chi connectivity index (χ1n) is 6.37. The Bertz CT molecular complexity index is 569. The van der Waals surface area contributed by atoms with E-state index >= 15 is 0 Å². The van der Waals surface area contributed by atoms with Gasteiger partial charge in [0, 0.05) is 16.7 Å². The maximum Gasteiger partial charge on any atom is 0.123 e. The quantitative estimate of drug-likeness (QED) is 0.860. The van der Waals surface area contributed by atoms with Crippen molar-refractivity contribution < 1.29 is 9.50 Å². The average molecular weight is 313 g/mol. The molecule has 1 nitrogen and oxygen atoms in total. The maximum atomic E-state index is 12.9. The highest BCUT2D eigenvalue weighted by Crippen LogP contribution is 2.24. The summed E-state index contributed by atoms with van der Waals surface area (Å²) in [6.07, 6.45) is 1.30. The van der Waals surface area contributed by atoms with Crippen LogP contribution in [-0.4, -0.2) is 11.7 Å². The highest BCUT2D eigenvalue weighted by molar-refractivity contribution is 6.33. The Morgan fingerprint density at radius 2 is 1.70 bits per heavy atom. The van der Waals surface area contributed by atoms with E-state index in [0.717, 1.165) is 11.1 Å². The molecule has 0 aliphatic rings. The third-order valence-electron chi connectivity index (χ3n) is 3.21. The van der Waals surface area contributed by atoms with Gasteiger partial charge in [0.15, 0.2) is 0 Å². The third kappa shape index (κ3) is 4.20. The minimum absolute atomic E-state index is 0.0245. The molecule has 0 saturated heterocycles. The van der Waals surface area contributed by atoms with Gasteiger partial charge >= 0.3 is 0 Å². The molecule has 2 aromatic rings. The van der Waals surface area contributed by atoms with Gasteiger partial charge in [-0.3, -0.25) is 0 Å². The van der Waals surface area contributed by atoms with Crippen LogP contribution >= 0.6 is 23.2 Å². The molecule has 1 N–H and O–H groups in total. The number of rotatable bonds is 5. The van der Waals surface area contributed by atoms with E-state index in [1.165, 1.54) is 12.1 Å². The topological polar surface area (TPSA) is 20.2 Å². The van der Waals surface area contributed by atoms with Crippen molar-refractivity contribution in [3.8, 4) is 0 Å². The van der Waals surface area contributed by atoms with Gasteiger partial charge in [-0.15, -0.1) is 0 Å². The Labute approximate surface area is 128 Å². The van der Waals surface area contributed by atoms with Crippen LogP contribution in [0.5, 0.6) is 0 Å². The number of aliphatic hydroxyl groups excluding tert-OH is 1. The minimum atomic E-state index is -0.257. The summed E-state index contributed by atoms with van der Waals surface area (Å²) in [7, 11) is 0. The largest absolute Gasteiger partial charge is 0.396 e. The molecular weight excluding hydrogens is 298 g/mol. The van der Waals surface area contributed by atoms with Gasteiger partial charge in [-0.2, -0.15) is 0 Å². The zero-order chi connectivity index (χ0) is 14.5. The van der Waals surface area contributed by atoms with Crippen LogP contribution in [0.4, 0.5) is 4.39 Å². The van der Waals surface area contributed by atoms with Crippen LogP contribution in [0.25, 0.3) is 0 Å². The summed E-state index contributed by atoms with van der Waals surface area (Å²) < 4.78 is 12.9. The zero-order valence-corrected chi connectivity index (χ0v) is 12.3. The van der Waals surface area contributed by atoms with Crippen molar-refractivity contribution in [2.75, 3.05) is 6.61 Å². The van der Waals surface area contributed by atoms with Gasteiger partial charge in [-0.05, 0) is 60.2 Å². The van der Waals surface area contributed by atoms with Crippen molar-refractivity contribution in [1.29, 1.82) is 0 Å². The van der Waals surface area contributed by atoms with Crippen molar-refractivity contribution in [3.05, 3.63) is 69.5 Å². The van der Waals surface area contributed by atoms with Crippen LogP contribution in [-0.2, 0) is 12.8 Å². The molecule has 0 spiro atoms. The lowest BCUT2D eigenvalue weighted by Crippen LogP contribution is -2.13. The number of benzene rings is 2. The molecule has 1 atom stereocenters. The molecule has 106 valence electrons. The second-order valence-corrected chi connectivity index (χ2v) is 5.66. The maximum absolute atomic E-state index is 12.9. The molecule has 2 aromatic carbocycles. The SMILES string of the molecule is OCC(Cc1ccc(F)cc1)Cc1cc(Cl)ccc1Cl. The molecule has 0 aliphatic heterocycles. The predicted octanol–water partition coefficient (Wildman–Crippen LogP) is 4.53. The van der Waals surface area contributed by atoms with E-state index in [1.54, 1.807) is 24.3 Å². The van der Waals surface area contributed by atoms with E-state index in [1.807, 2.05) is 6.07 Å². The lowest BCUT2D eigenvalue weighted by atomic mass is 9.93. The van der Waals surface area contributed by atoms with Crippen molar-refractivity contribution in [2.45, 2.75) is 12.8 Å². The lowest BCUT2D eigenvalue weighted by Gasteiger charge is -2.15. The Kier molecular flexibility index (Phi) is 5.41. The Balaban J connectivity index is 2.08. The summed E-state index contributed by atoms with van der Waals surface area (Å²) in [6.45, 7) is 0.0419. The Morgan fingerprint density at radius 3 is 2.35 bits per heavy atom. The highest BCUT2D eigenvalue weighted by atomic mass is 35.5. The van der Waals surface area contributed by atoms with Gasteiger partial charge in [0.25, 0.3) is 0 Å². The molecule has 0 heterocycles. The molecule has 20 heavy (non-hydrogen) atoms. The summed E-state index contributed by atoms with van der Waals surface area (Å²) in [5.74, 6) is -0.233. The molecular formula is C16H15Cl2FO. The van der Waals surface area contributed by atoms with E-state index in [2.05, 4.69) is 0 Å². The average Bonchev–Trinajstić information content (AvgIpc) is 2.44. The van der Waals surface area contributed by atoms with Crippen molar-refractivity contribution in [1.82, 2.24) is 0 Å². The highest BCUT2D eigenvalue weighted by Gasteiger charge is 2.12. The lowest BCUT2D eigenvalue weighted by molar-refractivity contribution is 0.225. The van der Waals surface area contributed by atoms with Crippen molar-refractivity contribution in [2.24, 2.45) is 5.92 Å². The second-order valence-electron chi connectivity index (χ2n) is 4.82. The second kappa shape index (κ2) is 7.07. The van der Waals surface area contributed by atoms with Gasteiger partial charge < -0.3 is 5.11 Å². The molecule has 4 heteroatoms. The van der Waals surface area contributed by atoms with Gasteiger partial charge in [0.2, 0.25) is 0 Å². The van der Waals surface area contributed by atoms with Crippen LogP contribution in [0, 0.1) is 11.7 Å². The molecule has 0 amide bonds. The van der Waals surface area contributed by atoms with Crippen LogP contribution in [0.15, 0.2) is 42.5 Å². The number of halogens is 3. The minimum Gasteiger partial charge on any atom is -0.396 e. The fourth-order valence-corrected chi connectivity index (χ4v) is 2.56. The summed E-state index contributed by atoms with van der Waals surface area (Å²) in [5.41, 5.74) is 1.91. The molecule has 0 aromatic heterocycles. The summed E-state index contributed by atoms with van der Waals surface area (Å²) >= 11 is 12.1. The first-order chi connectivity index (χ1) is 9.58. The summed E-state index contributed by atoms with van der Waals surface area (Å²) in [4.78, 5) is 0. The first-order valence-corrected chi connectivity index (χ1v) is 7.13. The van der Waals surface area contributed by atoms with Crippen molar-refractivity contribution >= 4 is 23.2 Å². The van der Waals surface area contributed by atoms with Crippen LogP contribution in [0.1, 0.15) is 11.1 Å². The monoisotopic (exact) mass is 312 g/mol. The Hall–Kier alpha value is -1.09. The summed E-state index contributed by atoms with van der Waals surface area (Å²) in [6, 6.07) is 11.6. The Morgan fingerprint density at radius 1 is 1.00 bits per heavy atom. The number of hydrogen-bond acceptors (Lipinski definition) is 1. The molecule has 0 fully saturated rings. The van der Waals surface area contributed by atoms with Gasteiger partial charge in [-0.25, -0.2) is 4.39 Å². The van der Waals surface area contributed by atoms with Crippen LogP contribution < -0.4 is 0 Å². The van der Waals surface area contributed by atoms with Gasteiger partial charge in [0.05, 0.1) is 0 Å². The fourth-order valence-electron chi connectivity index (χ4n) is 2.17. The van der Waals surface area contributed by atoms with E-state index in [0.29, 0.717) is 22.9 Å². The number of aliphatic hydroxyl groups is 1. The molecule has 1 unspecified atom stereocenters. The standard InChI is InChI=1S/C16H15Cl2FO/c17-14-3-6-16(18)13(9-14)8-12(10-20)7-11-1-4-15(19)5-2-11/h1-6,9,12,20H,7-8,10H2. The molecule has 0 radical (unpaired) electrons.